The molecule has 2 nitrogen and oxygen atoms in total. The van der Waals surface area contributed by atoms with Gasteiger partial charge in [-0.1, -0.05) is 0 Å². The van der Waals surface area contributed by atoms with Gasteiger partial charge in [0.15, 0.2) is 0 Å². The second-order valence-electron chi connectivity index (χ2n) is 2.82. The molecule has 1 atom stereocenters. The summed E-state index contributed by atoms with van der Waals surface area (Å²) in [6.07, 6.45) is 2.69. The average Bonchev–Trinajstić information content (AvgIpc) is 2.64. The second kappa shape index (κ2) is 3.28. The van der Waals surface area contributed by atoms with Crippen molar-refractivity contribution in [3.05, 3.63) is 0 Å². The molecule has 0 aromatic heterocycles. The number of nitrogens with two attached hydrogens (primary N) is 1. The number of carbonyl (C=O) groups is 1. The molecule has 0 aromatic carbocycles. The van der Waals surface area contributed by atoms with Crippen molar-refractivity contribution < 1.29 is 4.79 Å². The molecule has 0 bridgehead atoms. The smallest absolute Gasteiger partial charge is 0.230 e. The summed E-state index contributed by atoms with van der Waals surface area (Å²) in [6.45, 7) is 1.87. The van der Waals surface area contributed by atoms with E-state index in [2.05, 4.69) is 0 Å². The van der Waals surface area contributed by atoms with Crippen LogP contribution in [0.5, 0.6) is 0 Å². The summed E-state index contributed by atoms with van der Waals surface area (Å²) in [5.74, 6) is 1.81. The van der Waals surface area contributed by atoms with Crippen LogP contribution in [0.4, 0.5) is 0 Å². The zero-order valence-electron chi connectivity index (χ0n) is 6.17. The van der Waals surface area contributed by atoms with Gasteiger partial charge in [-0.3, -0.25) is 4.79 Å². The SMILES string of the molecule is CC(SCC1CC1)C(N)=O. The van der Waals surface area contributed by atoms with E-state index in [1.165, 1.54) is 12.8 Å². The van der Waals surface area contributed by atoms with Gasteiger partial charge < -0.3 is 5.73 Å². The largest absolute Gasteiger partial charge is 0.369 e. The molecule has 0 radical (unpaired) electrons. The lowest BCUT2D eigenvalue weighted by Crippen LogP contribution is -2.23. The Hall–Kier alpha value is -0.180. The zero-order valence-corrected chi connectivity index (χ0v) is 6.99. The Labute approximate surface area is 65.5 Å². The summed E-state index contributed by atoms with van der Waals surface area (Å²) in [5, 5.41) is 0.000556. The van der Waals surface area contributed by atoms with E-state index < -0.39 is 0 Å². The maximum absolute atomic E-state index is 10.5. The molecule has 1 saturated carbocycles. The van der Waals surface area contributed by atoms with Gasteiger partial charge in [-0.15, -0.1) is 11.8 Å². The predicted octanol–water partition coefficient (Wildman–Crippen LogP) is 1.00. The fraction of sp³-hybridized carbons (Fsp3) is 0.857. The normalized spacial score (nSPS) is 20.5. The third-order valence-electron chi connectivity index (χ3n) is 1.68. The van der Waals surface area contributed by atoms with Crippen molar-refractivity contribution in [1.82, 2.24) is 0 Å². The molecule has 1 aliphatic carbocycles. The highest BCUT2D eigenvalue weighted by Gasteiger charge is 2.22. The van der Waals surface area contributed by atoms with E-state index in [9.17, 15) is 4.79 Å². The zero-order chi connectivity index (χ0) is 7.56. The minimum Gasteiger partial charge on any atom is -0.369 e. The summed E-state index contributed by atoms with van der Waals surface area (Å²) in [5.41, 5.74) is 5.08. The van der Waals surface area contributed by atoms with Crippen LogP contribution in [0.1, 0.15) is 19.8 Å². The lowest BCUT2D eigenvalue weighted by molar-refractivity contribution is -0.117. The predicted molar refractivity (Wildman–Crippen MR) is 43.8 cm³/mol. The van der Waals surface area contributed by atoms with Crippen molar-refractivity contribution >= 4 is 17.7 Å². The number of hydrogen-bond acceptors (Lipinski definition) is 2. The Bertz CT molecular complexity index is 134. The average molecular weight is 159 g/mol. The molecule has 0 spiro atoms. The molecule has 0 aliphatic heterocycles. The lowest BCUT2D eigenvalue weighted by Gasteiger charge is -2.04. The van der Waals surface area contributed by atoms with Crippen LogP contribution in [-0.4, -0.2) is 16.9 Å². The molecule has 1 fully saturated rings. The number of rotatable bonds is 4. The van der Waals surface area contributed by atoms with Gasteiger partial charge in [0, 0.05) is 0 Å². The number of hydrogen-bond donors (Lipinski definition) is 1. The minimum atomic E-state index is -0.189. The highest BCUT2D eigenvalue weighted by atomic mass is 32.2. The third kappa shape index (κ3) is 2.60. The highest BCUT2D eigenvalue weighted by molar-refractivity contribution is 8.00. The number of carbonyl (C=O) groups excluding carboxylic acids is 1. The second-order valence-corrected chi connectivity index (χ2v) is 4.20. The standard InChI is InChI=1S/C7H13NOS/c1-5(7(8)9)10-4-6-2-3-6/h5-6H,2-4H2,1H3,(H2,8,9). The summed E-state index contributed by atoms with van der Waals surface area (Å²) in [6, 6.07) is 0. The highest BCUT2D eigenvalue weighted by Crippen LogP contribution is 2.33. The summed E-state index contributed by atoms with van der Waals surface area (Å²) < 4.78 is 0. The van der Waals surface area contributed by atoms with E-state index in [-0.39, 0.29) is 11.2 Å². The Morgan fingerprint density at radius 1 is 1.80 bits per heavy atom. The van der Waals surface area contributed by atoms with E-state index in [4.69, 9.17) is 5.73 Å². The molecule has 0 heterocycles. The van der Waals surface area contributed by atoms with Crippen LogP contribution in [0.25, 0.3) is 0 Å². The first-order valence-corrected chi connectivity index (χ1v) is 4.66. The monoisotopic (exact) mass is 159 g/mol. The van der Waals surface area contributed by atoms with Crippen LogP contribution in [-0.2, 0) is 4.79 Å². The van der Waals surface area contributed by atoms with Crippen LogP contribution in [0.15, 0.2) is 0 Å². The van der Waals surface area contributed by atoms with Gasteiger partial charge in [-0.2, -0.15) is 0 Å². The molecule has 10 heavy (non-hydrogen) atoms. The Morgan fingerprint density at radius 2 is 2.40 bits per heavy atom. The molecule has 1 aliphatic rings. The Balaban J connectivity index is 2.05. The van der Waals surface area contributed by atoms with E-state index >= 15 is 0 Å². The van der Waals surface area contributed by atoms with Gasteiger partial charge >= 0.3 is 0 Å². The topological polar surface area (TPSA) is 43.1 Å². The first-order chi connectivity index (χ1) is 4.70. The van der Waals surface area contributed by atoms with Crippen molar-refractivity contribution in [2.75, 3.05) is 5.75 Å². The van der Waals surface area contributed by atoms with Crippen LogP contribution in [0.3, 0.4) is 0 Å². The fourth-order valence-corrected chi connectivity index (χ4v) is 1.71. The number of thioether (sulfide) groups is 1. The van der Waals surface area contributed by atoms with Gasteiger partial charge in [-0.25, -0.2) is 0 Å². The summed E-state index contributed by atoms with van der Waals surface area (Å²) >= 11 is 1.68. The van der Waals surface area contributed by atoms with Crippen LogP contribution >= 0.6 is 11.8 Å². The summed E-state index contributed by atoms with van der Waals surface area (Å²) in [7, 11) is 0. The first-order valence-electron chi connectivity index (χ1n) is 3.61. The molecule has 2 N–H and O–H groups in total. The van der Waals surface area contributed by atoms with E-state index in [1.54, 1.807) is 11.8 Å². The lowest BCUT2D eigenvalue weighted by atomic mass is 10.5. The van der Waals surface area contributed by atoms with Crippen molar-refractivity contribution in [2.24, 2.45) is 11.7 Å². The molecule has 0 saturated heterocycles. The molecular formula is C7H13NOS. The van der Waals surface area contributed by atoms with Crippen LogP contribution in [0.2, 0.25) is 0 Å². The van der Waals surface area contributed by atoms with E-state index in [0.29, 0.717) is 0 Å². The van der Waals surface area contributed by atoms with Crippen molar-refractivity contribution in [3.63, 3.8) is 0 Å². The Morgan fingerprint density at radius 3 is 2.80 bits per heavy atom. The molecule has 1 unspecified atom stereocenters. The van der Waals surface area contributed by atoms with Gasteiger partial charge in [0.05, 0.1) is 5.25 Å². The van der Waals surface area contributed by atoms with E-state index in [0.717, 1.165) is 11.7 Å². The van der Waals surface area contributed by atoms with Crippen LogP contribution < -0.4 is 5.73 Å². The van der Waals surface area contributed by atoms with E-state index in [1.807, 2.05) is 6.92 Å². The quantitative estimate of drug-likeness (QED) is 0.665. The molecule has 3 heteroatoms. The van der Waals surface area contributed by atoms with Gasteiger partial charge in [0.2, 0.25) is 5.91 Å². The van der Waals surface area contributed by atoms with Crippen molar-refractivity contribution in [3.8, 4) is 0 Å². The third-order valence-corrected chi connectivity index (χ3v) is 3.08. The van der Waals surface area contributed by atoms with Gasteiger partial charge in [-0.05, 0) is 31.4 Å². The van der Waals surface area contributed by atoms with Crippen molar-refractivity contribution in [2.45, 2.75) is 25.0 Å². The number of primary amides is 1. The molecular weight excluding hydrogens is 146 g/mol. The first kappa shape index (κ1) is 7.92. The summed E-state index contributed by atoms with van der Waals surface area (Å²) in [4.78, 5) is 10.5. The minimum absolute atomic E-state index is 0.000556. The van der Waals surface area contributed by atoms with Crippen LogP contribution in [0, 0.1) is 5.92 Å². The molecule has 1 rings (SSSR count). The van der Waals surface area contributed by atoms with Gasteiger partial charge in [0.1, 0.15) is 0 Å². The maximum Gasteiger partial charge on any atom is 0.230 e. The maximum atomic E-state index is 10.5. The Kier molecular flexibility index (Phi) is 2.60. The number of amides is 1. The molecule has 58 valence electrons. The van der Waals surface area contributed by atoms with Gasteiger partial charge in [0.25, 0.3) is 0 Å². The fourth-order valence-electron chi connectivity index (χ4n) is 0.647. The molecule has 0 aromatic rings. The van der Waals surface area contributed by atoms with Crippen molar-refractivity contribution in [1.29, 1.82) is 0 Å². The molecule has 1 amide bonds.